The van der Waals surface area contributed by atoms with Crippen LogP contribution in [-0.2, 0) is 32.0 Å². The maximum Gasteiger partial charge on any atom is 0.245 e. The summed E-state index contributed by atoms with van der Waals surface area (Å²) in [4.78, 5) is 56.7. The van der Waals surface area contributed by atoms with E-state index in [4.69, 9.17) is 4.52 Å². The number of fused-ring (bicyclic) bond motifs is 4. The Morgan fingerprint density at radius 2 is 1.90 bits per heavy atom. The van der Waals surface area contributed by atoms with Gasteiger partial charge in [-0.05, 0) is 63.4 Å². The van der Waals surface area contributed by atoms with Gasteiger partial charge >= 0.3 is 0 Å². The zero-order valence-electron chi connectivity index (χ0n) is 23.3. The molecule has 3 aliphatic rings. The second-order valence-electron chi connectivity index (χ2n) is 11.6. The Morgan fingerprint density at radius 3 is 2.65 bits per heavy atom. The van der Waals surface area contributed by atoms with E-state index in [1.807, 2.05) is 47.1 Å². The average molecular weight is 550 g/mol. The van der Waals surface area contributed by atoms with E-state index in [9.17, 15) is 19.2 Å². The highest BCUT2D eigenvalue weighted by Crippen LogP contribution is 2.36. The third-order valence-corrected chi connectivity index (χ3v) is 8.46. The van der Waals surface area contributed by atoms with E-state index in [-0.39, 0.29) is 54.3 Å². The summed E-state index contributed by atoms with van der Waals surface area (Å²) in [5.41, 5.74) is 1.83. The van der Waals surface area contributed by atoms with E-state index in [0.717, 1.165) is 17.7 Å². The van der Waals surface area contributed by atoms with Gasteiger partial charge in [0.05, 0.1) is 12.1 Å². The lowest BCUT2D eigenvalue weighted by Crippen LogP contribution is -2.63. The van der Waals surface area contributed by atoms with Gasteiger partial charge in [-0.1, -0.05) is 35.5 Å². The monoisotopic (exact) mass is 549 g/mol. The molecule has 0 aliphatic carbocycles. The molecule has 10 heteroatoms. The van der Waals surface area contributed by atoms with E-state index in [0.29, 0.717) is 51.1 Å². The van der Waals surface area contributed by atoms with Crippen molar-refractivity contribution in [1.29, 1.82) is 0 Å². The number of nitrogens with one attached hydrogen (secondary N) is 2. The van der Waals surface area contributed by atoms with Crippen LogP contribution in [0.2, 0.25) is 0 Å². The second kappa shape index (κ2) is 12.2. The van der Waals surface area contributed by atoms with E-state index in [1.54, 1.807) is 13.0 Å². The Labute approximate surface area is 234 Å². The lowest BCUT2D eigenvalue weighted by molar-refractivity contribution is -0.148. The Balaban J connectivity index is 1.27. The molecule has 0 saturated carbocycles. The minimum absolute atomic E-state index is 0.000309. The maximum absolute atomic E-state index is 13.7. The maximum atomic E-state index is 13.7. The van der Waals surface area contributed by atoms with Crippen LogP contribution in [0.4, 0.5) is 0 Å². The summed E-state index contributed by atoms with van der Waals surface area (Å²) in [6.07, 6.45) is 3.77. The molecule has 4 heterocycles. The molecule has 5 atom stereocenters. The van der Waals surface area contributed by atoms with Gasteiger partial charge in [0.1, 0.15) is 17.8 Å². The van der Waals surface area contributed by atoms with Crippen LogP contribution in [-0.4, -0.2) is 76.3 Å². The van der Waals surface area contributed by atoms with E-state index >= 15 is 0 Å². The highest BCUT2D eigenvalue weighted by atomic mass is 16.5. The predicted molar refractivity (Wildman–Crippen MR) is 147 cm³/mol. The lowest BCUT2D eigenvalue weighted by Gasteiger charge is -2.51. The molecule has 0 radical (unpaired) electrons. The molecule has 4 amide bonds. The van der Waals surface area contributed by atoms with Gasteiger partial charge in [0.2, 0.25) is 23.6 Å². The number of benzene rings is 1. The van der Waals surface area contributed by atoms with Gasteiger partial charge < -0.3 is 25.0 Å². The average Bonchev–Trinajstić information content (AvgIpc) is 3.35. The van der Waals surface area contributed by atoms with Gasteiger partial charge in [0, 0.05) is 38.2 Å². The fourth-order valence-electron chi connectivity index (χ4n) is 6.52. The van der Waals surface area contributed by atoms with E-state index in [1.165, 1.54) is 0 Å². The number of rotatable bonds is 5. The Bertz CT molecular complexity index is 1230. The van der Waals surface area contributed by atoms with Crippen LogP contribution in [0, 0.1) is 18.8 Å². The van der Waals surface area contributed by atoms with Gasteiger partial charge in [-0.2, -0.15) is 0 Å². The fraction of sp³-hybridized carbons (Fsp3) is 0.567. The first-order chi connectivity index (χ1) is 19.3. The van der Waals surface area contributed by atoms with Crippen LogP contribution in [0.15, 0.2) is 40.9 Å². The van der Waals surface area contributed by atoms with Crippen molar-refractivity contribution in [3.63, 3.8) is 0 Å². The summed E-state index contributed by atoms with van der Waals surface area (Å²) in [5, 5.41) is 9.67. The molecule has 2 aromatic rings. The normalized spacial score (nSPS) is 27.6. The third-order valence-electron chi connectivity index (χ3n) is 8.46. The lowest BCUT2D eigenvalue weighted by atomic mass is 9.77. The SMILES string of the molecule is Cc1cc(CC(=O)N2C[C@@H]3C[C@H](C2)[C@@H]2CCCC(=O)N[C@@H](CCc4ccccc4)C(=O)N[C@H](C)C(=O)N2C3)on1. The first-order valence-corrected chi connectivity index (χ1v) is 14.4. The van der Waals surface area contributed by atoms with Gasteiger partial charge in [-0.25, -0.2) is 0 Å². The Hall–Kier alpha value is -3.69. The minimum Gasteiger partial charge on any atom is -0.361 e. The second-order valence-corrected chi connectivity index (χ2v) is 11.6. The predicted octanol–water partition coefficient (Wildman–Crippen LogP) is 2.01. The Morgan fingerprint density at radius 1 is 1.10 bits per heavy atom. The van der Waals surface area contributed by atoms with Crippen molar-refractivity contribution in [2.45, 2.75) is 76.9 Å². The van der Waals surface area contributed by atoms with Gasteiger partial charge in [-0.15, -0.1) is 0 Å². The van der Waals surface area contributed by atoms with Gasteiger partial charge in [-0.3, -0.25) is 19.2 Å². The summed E-state index contributed by atoms with van der Waals surface area (Å²) in [5.74, 6) is 0.244. The molecule has 3 fully saturated rings. The fourth-order valence-corrected chi connectivity index (χ4v) is 6.52. The number of hydrogen-bond acceptors (Lipinski definition) is 6. The summed E-state index contributed by atoms with van der Waals surface area (Å²) >= 11 is 0. The first-order valence-electron chi connectivity index (χ1n) is 14.4. The number of hydrogen-bond donors (Lipinski definition) is 2. The van der Waals surface area contributed by atoms with Crippen molar-refractivity contribution in [1.82, 2.24) is 25.6 Å². The number of nitrogens with zero attached hydrogens (tertiary/aromatic N) is 3. The zero-order chi connectivity index (χ0) is 28.2. The molecule has 3 aliphatic heterocycles. The molecular formula is C30H39N5O5. The molecule has 1 aromatic heterocycles. The van der Waals surface area contributed by atoms with Crippen LogP contribution in [0.5, 0.6) is 0 Å². The van der Waals surface area contributed by atoms with Crippen LogP contribution in [0.25, 0.3) is 0 Å². The van der Waals surface area contributed by atoms with Crippen LogP contribution >= 0.6 is 0 Å². The van der Waals surface area contributed by atoms with Crippen molar-refractivity contribution >= 4 is 23.6 Å². The van der Waals surface area contributed by atoms with Gasteiger partial charge in [0.15, 0.2) is 0 Å². The molecule has 5 rings (SSSR count). The zero-order valence-corrected chi connectivity index (χ0v) is 23.3. The van der Waals surface area contributed by atoms with Crippen molar-refractivity contribution < 1.29 is 23.7 Å². The number of likely N-dealkylation sites (tertiary alicyclic amines) is 1. The smallest absolute Gasteiger partial charge is 0.245 e. The summed E-state index contributed by atoms with van der Waals surface area (Å²) in [6, 6.07) is 10.1. The Kier molecular flexibility index (Phi) is 8.52. The third kappa shape index (κ3) is 6.54. The minimum atomic E-state index is -0.711. The standard InChI is InChI=1S/C30H39N5O5/c1-19-13-24(40-33-19)15-28(37)34-16-22-14-23(18-34)26-9-6-10-27(36)32-25(12-11-21-7-4-3-5-8-21)29(38)31-20(2)30(39)35(26)17-22/h3-5,7-8,13,20,22-23,25-26H,6,9-12,14-18H2,1-2H3,(H,31,38)(H,32,36)/t20-,22+,23-,25+,26+/m1/s1. The molecular weight excluding hydrogens is 510 g/mol. The number of aryl methyl sites for hydroxylation is 2. The van der Waals surface area contributed by atoms with Crippen LogP contribution in [0.1, 0.15) is 56.0 Å². The first kappa shape index (κ1) is 27.9. The summed E-state index contributed by atoms with van der Waals surface area (Å²) in [7, 11) is 0. The summed E-state index contributed by atoms with van der Waals surface area (Å²) < 4.78 is 5.25. The molecule has 1 aromatic carbocycles. The van der Waals surface area contributed by atoms with Crippen molar-refractivity contribution in [2.24, 2.45) is 11.8 Å². The molecule has 3 saturated heterocycles. The largest absolute Gasteiger partial charge is 0.361 e. The molecule has 0 unspecified atom stereocenters. The molecule has 10 nitrogen and oxygen atoms in total. The summed E-state index contributed by atoms with van der Waals surface area (Å²) in [6.45, 7) is 5.23. The number of amides is 4. The van der Waals surface area contributed by atoms with Crippen molar-refractivity contribution in [2.75, 3.05) is 19.6 Å². The highest BCUT2D eigenvalue weighted by molar-refractivity contribution is 5.92. The van der Waals surface area contributed by atoms with Crippen LogP contribution in [0.3, 0.4) is 0 Å². The van der Waals surface area contributed by atoms with E-state index < -0.39 is 12.1 Å². The quantitative estimate of drug-likeness (QED) is 0.588. The molecule has 214 valence electrons. The van der Waals surface area contributed by atoms with E-state index in [2.05, 4.69) is 15.8 Å². The van der Waals surface area contributed by atoms with Gasteiger partial charge in [0.25, 0.3) is 0 Å². The van der Waals surface area contributed by atoms with Crippen LogP contribution < -0.4 is 10.6 Å². The number of carbonyl (C=O) groups is 4. The topological polar surface area (TPSA) is 125 Å². The van der Waals surface area contributed by atoms with Crippen molar-refractivity contribution in [3.05, 3.63) is 53.4 Å². The molecule has 2 bridgehead atoms. The highest BCUT2D eigenvalue weighted by Gasteiger charge is 2.44. The molecule has 2 N–H and O–H groups in total. The number of aromatic nitrogens is 1. The molecule has 0 spiro atoms. The van der Waals surface area contributed by atoms with Crippen molar-refractivity contribution in [3.8, 4) is 0 Å². The number of piperidine rings is 2. The number of carbonyl (C=O) groups excluding carboxylic acids is 4. The molecule has 40 heavy (non-hydrogen) atoms.